The van der Waals surface area contributed by atoms with Crippen LogP contribution < -0.4 is 10.8 Å². The number of allylic oxidation sites excluding steroid dienone is 4. The molecular formula is C26H36FN3O2. The van der Waals surface area contributed by atoms with Gasteiger partial charge in [-0.3, -0.25) is 15.0 Å². The van der Waals surface area contributed by atoms with Gasteiger partial charge in [-0.2, -0.15) is 0 Å². The predicted molar refractivity (Wildman–Crippen MR) is 131 cm³/mol. The molecule has 0 spiro atoms. The number of nitrogens with one attached hydrogen (secondary N) is 2. The average molecular weight is 442 g/mol. The number of hydrogen-bond donors (Lipinski definition) is 3. The number of carbonyl (C=O) groups excluding carboxylic acids is 1. The fourth-order valence-electron chi connectivity index (χ4n) is 3.19. The number of rotatable bonds is 12. The number of amides is 1. The number of aryl methyl sites for hydroxylation is 1. The van der Waals surface area contributed by atoms with Crippen molar-refractivity contribution in [1.29, 1.82) is 0 Å². The highest BCUT2D eigenvalue weighted by Crippen LogP contribution is 2.26. The van der Waals surface area contributed by atoms with E-state index in [9.17, 15) is 9.18 Å². The molecule has 0 saturated carbocycles. The zero-order valence-electron chi connectivity index (χ0n) is 19.9. The lowest BCUT2D eigenvalue weighted by atomic mass is 9.96. The van der Waals surface area contributed by atoms with E-state index in [2.05, 4.69) is 23.6 Å². The summed E-state index contributed by atoms with van der Waals surface area (Å²) >= 11 is 0. The van der Waals surface area contributed by atoms with Crippen LogP contribution in [0.2, 0.25) is 0 Å². The van der Waals surface area contributed by atoms with Gasteiger partial charge in [-0.1, -0.05) is 42.9 Å². The third kappa shape index (κ3) is 8.73. The van der Waals surface area contributed by atoms with Crippen molar-refractivity contribution in [2.75, 3.05) is 13.1 Å². The maximum atomic E-state index is 13.8. The van der Waals surface area contributed by atoms with Crippen LogP contribution in [0.5, 0.6) is 0 Å². The summed E-state index contributed by atoms with van der Waals surface area (Å²) in [5.74, 6) is -0.666. The van der Waals surface area contributed by atoms with E-state index in [0.717, 1.165) is 39.1 Å². The molecule has 1 unspecified atom stereocenters. The van der Waals surface area contributed by atoms with Gasteiger partial charge in [0.05, 0.1) is 0 Å². The molecule has 0 aliphatic rings. The van der Waals surface area contributed by atoms with Crippen molar-refractivity contribution in [3.8, 4) is 0 Å². The molecule has 0 fully saturated rings. The largest absolute Gasteiger partial charge is 0.312 e. The second-order valence-electron chi connectivity index (χ2n) is 8.13. The van der Waals surface area contributed by atoms with Crippen LogP contribution in [0.15, 0.2) is 64.3 Å². The van der Waals surface area contributed by atoms with Crippen LogP contribution in [0.3, 0.4) is 0 Å². The fourth-order valence-corrected chi connectivity index (χ4v) is 3.19. The van der Waals surface area contributed by atoms with Gasteiger partial charge in [0.15, 0.2) is 0 Å². The molecule has 0 aliphatic carbocycles. The lowest BCUT2D eigenvalue weighted by Gasteiger charge is -2.15. The first kappa shape index (κ1) is 27.2. The molecule has 0 radical (unpaired) electrons. The van der Waals surface area contributed by atoms with Gasteiger partial charge >= 0.3 is 0 Å². The standard InChI is InChI=1S/C26H36FN3O2/c1-17(2)22(10-8-18(3)20(5)14-26(31)30-32)16-29-13-12-24(21(6)28-7)25-15-23(27)11-9-19(25)4/h8-11,15,20,29,32H,1,7,12-14,16H2,2-6H3,(H,30,31). The summed E-state index contributed by atoms with van der Waals surface area (Å²) in [5.41, 5.74) is 8.31. The molecule has 1 rings (SSSR count). The van der Waals surface area contributed by atoms with E-state index in [0.29, 0.717) is 19.5 Å². The van der Waals surface area contributed by atoms with Crippen LogP contribution in [-0.4, -0.2) is 30.9 Å². The summed E-state index contributed by atoms with van der Waals surface area (Å²) in [5, 5.41) is 12.1. The molecule has 0 aromatic heterocycles. The third-order valence-corrected chi connectivity index (χ3v) is 5.56. The Balaban J connectivity index is 2.84. The van der Waals surface area contributed by atoms with Gasteiger partial charge in [0.2, 0.25) is 5.91 Å². The highest BCUT2D eigenvalue weighted by molar-refractivity contribution is 5.75. The summed E-state index contributed by atoms with van der Waals surface area (Å²) < 4.78 is 13.8. The van der Waals surface area contributed by atoms with E-state index in [4.69, 9.17) is 5.21 Å². The maximum absolute atomic E-state index is 13.8. The van der Waals surface area contributed by atoms with E-state index >= 15 is 0 Å². The van der Waals surface area contributed by atoms with Crippen LogP contribution in [0, 0.1) is 18.7 Å². The molecule has 1 atom stereocenters. The van der Waals surface area contributed by atoms with Crippen molar-refractivity contribution in [3.63, 3.8) is 0 Å². The van der Waals surface area contributed by atoms with E-state index in [1.54, 1.807) is 17.6 Å². The number of hydroxylamine groups is 1. The molecule has 1 amide bonds. The van der Waals surface area contributed by atoms with Crippen LogP contribution in [0.1, 0.15) is 51.7 Å². The van der Waals surface area contributed by atoms with Gasteiger partial charge in [-0.05, 0) is 87.7 Å². The maximum Gasteiger partial charge on any atom is 0.243 e. The molecule has 1 aromatic carbocycles. The predicted octanol–water partition coefficient (Wildman–Crippen LogP) is 5.53. The van der Waals surface area contributed by atoms with Crippen LogP contribution in [0.4, 0.5) is 4.39 Å². The van der Waals surface area contributed by atoms with Crippen molar-refractivity contribution in [2.45, 2.75) is 47.5 Å². The van der Waals surface area contributed by atoms with Gasteiger partial charge < -0.3 is 5.32 Å². The molecular weight excluding hydrogens is 405 g/mol. The SMILES string of the molecule is C=NC(C)=C(CCNCC(=CC=C(C)C(C)CC(=O)NO)C(=C)C)c1cc(F)ccc1C. The highest BCUT2D eigenvalue weighted by Gasteiger charge is 2.11. The van der Waals surface area contributed by atoms with Crippen molar-refractivity contribution in [2.24, 2.45) is 10.9 Å². The van der Waals surface area contributed by atoms with E-state index in [1.165, 1.54) is 6.07 Å². The molecule has 1 aromatic rings. The van der Waals surface area contributed by atoms with Gasteiger partial charge in [-0.25, -0.2) is 9.87 Å². The molecule has 0 aliphatic heterocycles. The summed E-state index contributed by atoms with van der Waals surface area (Å²) in [6, 6.07) is 4.78. The number of carbonyl (C=O) groups is 1. The number of nitrogens with zero attached hydrogens (tertiary/aromatic N) is 1. The topological polar surface area (TPSA) is 73.7 Å². The summed E-state index contributed by atoms with van der Waals surface area (Å²) in [4.78, 5) is 15.4. The third-order valence-electron chi connectivity index (χ3n) is 5.56. The number of halogens is 1. The lowest BCUT2D eigenvalue weighted by Crippen LogP contribution is -2.21. The van der Waals surface area contributed by atoms with Gasteiger partial charge in [-0.15, -0.1) is 0 Å². The molecule has 32 heavy (non-hydrogen) atoms. The average Bonchev–Trinajstić information content (AvgIpc) is 2.76. The van der Waals surface area contributed by atoms with Crippen molar-refractivity contribution < 1.29 is 14.4 Å². The Labute approximate surface area is 191 Å². The molecule has 5 nitrogen and oxygen atoms in total. The summed E-state index contributed by atoms with van der Waals surface area (Å²) in [7, 11) is 0. The van der Waals surface area contributed by atoms with Crippen molar-refractivity contribution in [1.82, 2.24) is 10.8 Å². The highest BCUT2D eigenvalue weighted by atomic mass is 19.1. The zero-order valence-corrected chi connectivity index (χ0v) is 19.9. The molecule has 6 heteroatoms. The van der Waals surface area contributed by atoms with Crippen LogP contribution in [-0.2, 0) is 4.79 Å². The van der Waals surface area contributed by atoms with E-state index in [1.807, 2.05) is 46.8 Å². The minimum Gasteiger partial charge on any atom is -0.312 e. The Morgan fingerprint density at radius 2 is 1.97 bits per heavy atom. The zero-order chi connectivity index (χ0) is 24.3. The Kier molecular flexibility index (Phi) is 11.5. The number of benzene rings is 1. The molecule has 174 valence electrons. The quantitative estimate of drug-likeness (QED) is 0.131. The number of aliphatic imine (C=N–C) groups is 1. The van der Waals surface area contributed by atoms with Gasteiger partial charge in [0.25, 0.3) is 0 Å². The monoisotopic (exact) mass is 441 g/mol. The first-order valence-electron chi connectivity index (χ1n) is 10.7. The Hall–Kier alpha value is -2.83. The summed E-state index contributed by atoms with van der Waals surface area (Å²) in [6.07, 6.45) is 4.88. The molecule has 0 heterocycles. The van der Waals surface area contributed by atoms with Crippen LogP contribution >= 0.6 is 0 Å². The second kappa shape index (κ2) is 13.6. The Bertz CT molecular complexity index is 929. The van der Waals surface area contributed by atoms with Crippen molar-refractivity contribution >= 4 is 18.2 Å². The first-order valence-corrected chi connectivity index (χ1v) is 10.7. The first-order chi connectivity index (χ1) is 15.1. The second-order valence-corrected chi connectivity index (χ2v) is 8.13. The Morgan fingerprint density at radius 3 is 2.56 bits per heavy atom. The molecule has 0 bridgehead atoms. The van der Waals surface area contributed by atoms with Crippen molar-refractivity contribution in [3.05, 3.63) is 76.3 Å². The minimum atomic E-state index is -0.405. The van der Waals surface area contributed by atoms with E-state index < -0.39 is 5.91 Å². The molecule has 0 saturated heterocycles. The van der Waals surface area contributed by atoms with Crippen LogP contribution in [0.25, 0.3) is 5.57 Å². The van der Waals surface area contributed by atoms with E-state index in [-0.39, 0.29) is 18.2 Å². The molecule has 3 N–H and O–H groups in total. The Morgan fingerprint density at radius 1 is 1.28 bits per heavy atom. The summed E-state index contributed by atoms with van der Waals surface area (Å²) in [6.45, 7) is 18.7. The smallest absolute Gasteiger partial charge is 0.243 e. The lowest BCUT2D eigenvalue weighted by molar-refractivity contribution is -0.129. The van der Waals surface area contributed by atoms with Gasteiger partial charge in [0.1, 0.15) is 5.82 Å². The van der Waals surface area contributed by atoms with Gasteiger partial charge in [0, 0.05) is 18.7 Å². The normalized spacial score (nSPS) is 14.0. The fraction of sp³-hybridized carbons (Fsp3) is 0.385. The number of hydrogen-bond acceptors (Lipinski definition) is 4. The minimum absolute atomic E-state index is 0.00862.